The molecule has 6 rings (SSSR count). The summed E-state index contributed by atoms with van der Waals surface area (Å²) in [7, 11) is 0. The molecule has 0 radical (unpaired) electrons. The van der Waals surface area contributed by atoms with Gasteiger partial charge in [-0.1, -0.05) is 17.7 Å². The van der Waals surface area contributed by atoms with E-state index in [1.807, 2.05) is 39.8 Å². The minimum Gasteiger partial charge on any atom is -0.422 e. The van der Waals surface area contributed by atoms with Crippen LogP contribution in [-0.4, -0.2) is 30.9 Å². The minimum atomic E-state index is -0.839. The van der Waals surface area contributed by atoms with Crippen LogP contribution in [0, 0.1) is 27.7 Å². The number of carbonyl (C=O) groups is 3. The van der Waals surface area contributed by atoms with Crippen LogP contribution in [0.3, 0.4) is 0 Å². The highest BCUT2D eigenvalue weighted by molar-refractivity contribution is 6.39. The number of barbiturate groups is 1. The van der Waals surface area contributed by atoms with Gasteiger partial charge in [0.1, 0.15) is 11.2 Å². The molecule has 0 aliphatic carbocycles. The van der Waals surface area contributed by atoms with Gasteiger partial charge in [0.15, 0.2) is 0 Å². The molecule has 8 nitrogen and oxygen atoms in total. The molecule has 3 aliphatic heterocycles. The molecule has 0 bridgehead atoms. The van der Waals surface area contributed by atoms with Crippen LogP contribution < -0.4 is 20.7 Å². The van der Waals surface area contributed by atoms with Crippen molar-refractivity contribution in [2.45, 2.75) is 53.4 Å². The average Bonchev–Trinajstić information content (AvgIpc) is 2.86. The van der Waals surface area contributed by atoms with E-state index in [4.69, 9.17) is 4.42 Å². The fraction of sp³-hybridized carbons (Fsp3) is 0.333. The van der Waals surface area contributed by atoms with Gasteiger partial charge in [-0.05, 0) is 87.8 Å². The number of nitrogens with one attached hydrogen (secondary N) is 1. The van der Waals surface area contributed by atoms with Gasteiger partial charge >= 0.3 is 11.7 Å². The predicted octanol–water partition coefficient (Wildman–Crippen LogP) is 4.39. The Kier molecular flexibility index (Phi) is 5.52. The van der Waals surface area contributed by atoms with Gasteiger partial charge in [-0.25, -0.2) is 14.5 Å². The summed E-state index contributed by atoms with van der Waals surface area (Å²) >= 11 is 0. The summed E-state index contributed by atoms with van der Waals surface area (Å²) in [4.78, 5) is 55.9. The number of imide groups is 2. The van der Waals surface area contributed by atoms with Crippen molar-refractivity contribution in [2.24, 2.45) is 0 Å². The van der Waals surface area contributed by atoms with E-state index >= 15 is 0 Å². The molecule has 4 heterocycles. The summed E-state index contributed by atoms with van der Waals surface area (Å²) in [5, 5.41) is 3.08. The van der Waals surface area contributed by atoms with Crippen LogP contribution in [0.2, 0.25) is 0 Å². The first kappa shape index (κ1) is 24.2. The smallest absolute Gasteiger partial charge is 0.343 e. The second kappa shape index (κ2) is 8.68. The van der Waals surface area contributed by atoms with Gasteiger partial charge in [-0.2, -0.15) is 0 Å². The largest absolute Gasteiger partial charge is 0.422 e. The predicted molar refractivity (Wildman–Crippen MR) is 146 cm³/mol. The van der Waals surface area contributed by atoms with Crippen molar-refractivity contribution >= 4 is 46.3 Å². The van der Waals surface area contributed by atoms with Gasteiger partial charge < -0.3 is 9.32 Å². The molecule has 4 amide bonds. The number of rotatable bonds is 2. The van der Waals surface area contributed by atoms with Crippen molar-refractivity contribution in [3.8, 4) is 0 Å². The maximum Gasteiger partial charge on any atom is 0.343 e. The molecule has 0 spiro atoms. The van der Waals surface area contributed by atoms with E-state index < -0.39 is 23.5 Å². The highest BCUT2D eigenvalue weighted by Crippen LogP contribution is 2.41. The van der Waals surface area contributed by atoms with Crippen LogP contribution >= 0.6 is 0 Å². The van der Waals surface area contributed by atoms with Crippen molar-refractivity contribution in [1.29, 1.82) is 0 Å². The number of carbonyl (C=O) groups excluding carboxylic acids is 3. The monoisotopic (exact) mass is 511 g/mol. The van der Waals surface area contributed by atoms with Crippen molar-refractivity contribution in [1.82, 2.24) is 5.32 Å². The minimum absolute atomic E-state index is 0.137. The first-order chi connectivity index (χ1) is 18.2. The third-order valence-corrected chi connectivity index (χ3v) is 7.94. The van der Waals surface area contributed by atoms with Crippen molar-refractivity contribution in [2.75, 3.05) is 22.9 Å². The Morgan fingerprint density at radius 3 is 2.29 bits per heavy atom. The molecule has 8 heteroatoms. The first-order valence-corrected chi connectivity index (χ1v) is 13.0. The molecule has 2 aromatic carbocycles. The van der Waals surface area contributed by atoms with Crippen molar-refractivity contribution in [3.63, 3.8) is 0 Å². The lowest BCUT2D eigenvalue weighted by Gasteiger charge is -2.37. The third kappa shape index (κ3) is 3.58. The molecule has 3 aliphatic rings. The van der Waals surface area contributed by atoms with Gasteiger partial charge in [0.05, 0.1) is 11.3 Å². The fourth-order valence-electron chi connectivity index (χ4n) is 6.37. The van der Waals surface area contributed by atoms with E-state index in [0.717, 1.165) is 71.3 Å². The lowest BCUT2D eigenvalue weighted by Crippen LogP contribution is -2.54. The standard InChI is InChI=1S/C30H29N3O5/c1-15-11-16(2)24(17(3)12-15)33-28(35)23(27(34)31-30(33)37)14-22-18(4)21-13-19-7-5-9-32-10-6-8-20(25(19)32)26(21)38-29(22)36/h11-14H,5-10H2,1-4H3,(H,31,34,37). The summed E-state index contributed by atoms with van der Waals surface area (Å²) in [5.74, 6) is -1.61. The van der Waals surface area contributed by atoms with Crippen LogP contribution in [0.15, 0.2) is 33.0 Å². The zero-order chi connectivity index (χ0) is 26.9. The Balaban J connectivity index is 1.51. The summed E-state index contributed by atoms with van der Waals surface area (Å²) in [6, 6.07) is 5.02. The number of aryl methyl sites for hydroxylation is 6. The van der Waals surface area contributed by atoms with Gasteiger partial charge in [-0.3, -0.25) is 14.9 Å². The molecule has 38 heavy (non-hydrogen) atoms. The maximum atomic E-state index is 13.6. The summed E-state index contributed by atoms with van der Waals surface area (Å²) in [6.45, 7) is 9.38. The van der Waals surface area contributed by atoms with Crippen LogP contribution in [0.5, 0.6) is 0 Å². The van der Waals surface area contributed by atoms with Gasteiger partial charge in [0.25, 0.3) is 11.8 Å². The second-order valence-corrected chi connectivity index (χ2v) is 10.6. The van der Waals surface area contributed by atoms with Crippen LogP contribution in [-0.2, 0) is 22.4 Å². The van der Waals surface area contributed by atoms with E-state index in [1.165, 1.54) is 17.3 Å². The van der Waals surface area contributed by atoms with Crippen molar-refractivity contribution in [3.05, 3.63) is 73.1 Å². The summed E-state index contributed by atoms with van der Waals surface area (Å²) in [6.07, 6.45) is 5.13. The van der Waals surface area contributed by atoms with Crippen LogP contribution in [0.1, 0.15) is 51.8 Å². The zero-order valence-corrected chi connectivity index (χ0v) is 22.0. The first-order valence-electron chi connectivity index (χ1n) is 13.0. The molecule has 0 saturated carbocycles. The van der Waals surface area contributed by atoms with E-state index in [2.05, 4.69) is 16.3 Å². The molecular formula is C30H29N3O5. The van der Waals surface area contributed by atoms with Crippen LogP contribution in [0.4, 0.5) is 16.2 Å². The van der Waals surface area contributed by atoms with E-state index in [1.54, 1.807) is 0 Å². The molecule has 1 fully saturated rings. The molecule has 0 atom stereocenters. The van der Waals surface area contributed by atoms with E-state index in [-0.39, 0.29) is 11.1 Å². The van der Waals surface area contributed by atoms with Gasteiger partial charge in [0.2, 0.25) is 0 Å². The number of nitrogens with zero attached hydrogens (tertiary/aromatic N) is 2. The molecule has 0 unspecified atom stereocenters. The Morgan fingerprint density at radius 2 is 1.58 bits per heavy atom. The number of urea groups is 1. The normalized spacial score (nSPS) is 18.3. The van der Waals surface area contributed by atoms with E-state index in [9.17, 15) is 19.2 Å². The Bertz CT molecular complexity index is 1650. The molecular weight excluding hydrogens is 482 g/mol. The Hall–Kier alpha value is -4.20. The van der Waals surface area contributed by atoms with Crippen molar-refractivity contribution < 1.29 is 18.8 Å². The second-order valence-electron chi connectivity index (χ2n) is 10.6. The topological polar surface area (TPSA) is 99.9 Å². The number of anilines is 2. The highest BCUT2D eigenvalue weighted by Gasteiger charge is 2.38. The fourth-order valence-corrected chi connectivity index (χ4v) is 6.37. The SMILES string of the molecule is Cc1cc(C)c(N2C(=O)NC(=O)C(=Cc3c(C)c4cc5c6c(c4oc3=O)CCCN6CCC5)C2=O)c(C)c1. The number of hydrogen-bond acceptors (Lipinski definition) is 6. The average molecular weight is 512 g/mol. The Labute approximate surface area is 219 Å². The van der Waals surface area contributed by atoms with Gasteiger partial charge in [0, 0.05) is 29.7 Å². The molecule has 1 saturated heterocycles. The number of amides is 4. The number of hydrogen-bond donors (Lipinski definition) is 1. The summed E-state index contributed by atoms with van der Waals surface area (Å²) < 4.78 is 5.89. The van der Waals surface area contributed by atoms with Gasteiger partial charge in [-0.15, -0.1) is 0 Å². The zero-order valence-electron chi connectivity index (χ0n) is 22.0. The summed E-state index contributed by atoms with van der Waals surface area (Å²) in [5.41, 5.74) is 6.86. The quantitative estimate of drug-likeness (QED) is 0.311. The lowest BCUT2D eigenvalue weighted by molar-refractivity contribution is -0.122. The number of fused-ring (bicyclic) bond motifs is 2. The van der Waals surface area contributed by atoms with E-state index in [0.29, 0.717) is 16.8 Å². The molecule has 3 aromatic rings. The lowest BCUT2D eigenvalue weighted by atomic mass is 9.88. The van der Waals surface area contributed by atoms with Crippen LogP contribution in [0.25, 0.3) is 17.0 Å². The molecule has 194 valence electrons. The maximum absolute atomic E-state index is 13.6. The number of benzene rings is 2. The molecule has 1 aromatic heterocycles. The Morgan fingerprint density at radius 1 is 0.895 bits per heavy atom. The third-order valence-electron chi connectivity index (χ3n) is 7.94. The highest BCUT2D eigenvalue weighted by atomic mass is 16.4. The molecule has 1 N–H and O–H groups in total.